The Bertz CT molecular complexity index is 1130. The fourth-order valence-electron chi connectivity index (χ4n) is 3.07. The zero-order chi connectivity index (χ0) is 24.0. The molecule has 0 saturated heterocycles. The zero-order valence-electron chi connectivity index (χ0n) is 17.9. The molecule has 3 aromatic rings. The molecule has 2 aromatic heterocycles. The summed E-state index contributed by atoms with van der Waals surface area (Å²) in [6.45, 7) is 3.54. The average Bonchev–Trinajstić information content (AvgIpc) is 2.76. The monoisotopic (exact) mass is 461 g/mol. The van der Waals surface area contributed by atoms with Crippen LogP contribution in [0.3, 0.4) is 0 Å². The number of pyridine rings is 1. The average molecular weight is 461 g/mol. The Morgan fingerprint density at radius 2 is 1.85 bits per heavy atom. The zero-order valence-corrected chi connectivity index (χ0v) is 17.9. The van der Waals surface area contributed by atoms with Gasteiger partial charge in [0.25, 0.3) is 6.43 Å². The van der Waals surface area contributed by atoms with Crippen LogP contribution in [0, 0.1) is 12.7 Å². The van der Waals surface area contributed by atoms with E-state index in [0.29, 0.717) is 16.8 Å². The number of alkyl carbamates (subject to hydrolysis) is 1. The fraction of sp³-hybridized carbons (Fsp3) is 0.273. The molecule has 0 saturated carbocycles. The molecule has 33 heavy (non-hydrogen) atoms. The lowest BCUT2D eigenvalue weighted by Gasteiger charge is -2.16. The first kappa shape index (κ1) is 23.8. The van der Waals surface area contributed by atoms with Crippen LogP contribution in [-0.2, 0) is 4.74 Å². The van der Waals surface area contributed by atoms with Crippen LogP contribution in [0.1, 0.15) is 24.7 Å². The number of nitrogens with one attached hydrogen (secondary N) is 1. The molecule has 11 heteroatoms. The van der Waals surface area contributed by atoms with Crippen molar-refractivity contribution >= 4 is 12.0 Å². The Kier molecular flexibility index (Phi) is 7.65. The minimum atomic E-state index is -2.80. The SMILES string of the molecule is CCOC(=O)NCCOc1nc(N)nc(-c2ccc(F)cc2)c1-c1cc(C)nc(C(F)F)c1. The van der Waals surface area contributed by atoms with Gasteiger partial charge in [-0.3, -0.25) is 4.98 Å². The molecule has 0 aliphatic heterocycles. The maximum Gasteiger partial charge on any atom is 0.407 e. The van der Waals surface area contributed by atoms with Crippen molar-refractivity contribution in [1.29, 1.82) is 0 Å². The molecule has 0 spiro atoms. The van der Waals surface area contributed by atoms with Gasteiger partial charge in [0, 0.05) is 11.3 Å². The minimum absolute atomic E-state index is 0.0123. The number of nitrogens with two attached hydrogens (primary N) is 1. The van der Waals surface area contributed by atoms with E-state index in [9.17, 15) is 18.0 Å². The number of alkyl halides is 2. The normalized spacial score (nSPS) is 10.8. The molecule has 1 amide bonds. The number of benzene rings is 1. The second kappa shape index (κ2) is 10.6. The van der Waals surface area contributed by atoms with Gasteiger partial charge in [0.2, 0.25) is 11.8 Å². The van der Waals surface area contributed by atoms with Crippen molar-refractivity contribution in [2.24, 2.45) is 0 Å². The molecule has 0 bridgehead atoms. The Balaban J connectivity index is 2.07. The van der Waals surface area contributed by atoms with E-state index in [2.05, 4.69) is 20.3 Å². The first-order chi connectivity index (χ1) is 15.8. The van der Waals surface area contributed by atoms with Crippen LogP contribution in [0.5, 0.6) is 5.88 Å². The van der Waals surface area contributed by atoms with Crippen molar-refractivity contribution in [2.45, 2.75) is 20.3 Å². The van der Waals surface area contributed by atoms with Crippen molar-refractivity contribution in [1.82, 2.24) is 20.3 Å². The number of nitrogens with zero attached hydrogens (tertiary/aromatic N) is 3. The number of hydrogen-bond acceptors (Lipinski definition) is 7. The molecule has 8 nitrogen and oxygen atoms in total. The van der Waals surface area contributed by atoms with E-state index < -0.39 is 24.0 Å². The smallest absolute Gasteiger partial charge is 0.407 e. The topological polar surface area (TPSA) is 112 Å². The Hall–Kier alpha value is -3.89. The highest BCUT2D eigenvalue weighted by molar-refractivity contribution is 5.85. The molecule has 0 aliphatic rings. The number of rotatable bonds is 8. The molecule has 0 unspecified atom stereocenters. The van der Waals surface area contributed by atoms with E-state index in [0.717, 1.165) is 0 Å². The number of anilines is 1. The van der Waals surface area contributed by atoms with Crippen LogP contribution in [-0.4, -0.2) is 40.8 Å². The van der Waals surface area contributed by atoms with Gasteiger partial charge in [-0.15, -0.1) is 0 Å². The Labute approximate surface area is 188 Å². The molecular formula is C22H22F3N5O3. The molecule has 0 fully saturated rings. The quantitative estimate of drug-likeness (QED) is 0.481. The van der Waals surface area contributed by atoms with E-state index in [-0.39, 0.29) is 42.8 Å². The second-order valence-corrected chi connectivity index (χ2v) is 6.84. The molecular weight excluding hydrogens is 439 g/mol. The summed E-state index contributed by atoms with van der Waals surface area (Å²) in [6, 6.07) is 8.23. The second-order valence-electron chi connectivity index (χ2n) is 6.84. The summed E-state index contributed by atoms with van der Waals surface area (Å²) in [5, 5.41) is 2.50. The van der Waals surface area contributed by atoms with Gasteiger partial charge in [0.1, 0.15) is 18.1 Å². The van der Waals surface area contributed by atoms with Crippen LogP contribution in [0.25, 0.3) is 22.4 Å². The predicted molar refractivity (Wildman–Crippen MR) is 115 cm³/mol. The summed E-state index contributed by atoms with van der Waals surface area (Å²) in [4.78, 5) is 23.7. The van der Waals surface area contributed by atoms with Crippen molar-refractivity contribution in [3.05, 3.63) is 53.6 Å². The molecule has 3 rings (SSSR count). The summed E-state index contributed by atoms with van der Waals surface area (Å²) in [5.41, 5.74) is 7.14. The number of carbonyl (C=O) groups excluding carboxylic acids is 1. The predicted octanol–water partition coefficient (Wildman–Crippen LogP) is 4.30. The lowest BCUT2D eigenvalue weighted by molar-refractivity contribution is 0.146. The van der Waals surface area contributed by atoms with Crippen molar-refractivity contribution in [3.63, 3.8) is 0 Å². The van der Waals surface area contributed by atoms with E-state index in [1.165, 1.54) is 30.3 Å². The third-order valence-corrected chi connectivity index (χ3v) is 4.38. The summed E-state index contributed by atoms with van der Waals surface area (Å²) >= 11 is 0. The number of nitrogen functional groups attached to an aromatic ring is 1. The molecule has 174 valence electrons. The molecule has 0 atom stereocenters. The summed E-state index contributed by atoms with van der Waals surface area (Å²) in [6.07, 6.45) is -3.41. The van der Waals surface area contributed by atoms with Crippen LogP contribution < -0.4 is 15.8 Å². The number of amides is 1. The highest BCUT2D eigenvalue weighted by atomic mass is 19.3. The number of aryl methyl sites for hydroxylation is 1. The summed E-state index contributed by atoms with van der Waals surface area (Å²) in [7, 11) is 0. The number of carbonyl (C=O) groups is 1. The molecule has 3 N–H and O–H groups in total. The van der Waals surface area contributed by atoms with Crippen LogP contribution in [0.15, 0.2) is 36.4 Å². The van der Waals surface area contributed by atoms with Crippen LogP contribution in [0.2, 0.25) is 0 Å². The highest BCUT2D eigenvalue weighted by Crippen LogP contribution is 2.39. The van der Waals surface area contributed by atoms with Crippen molar-refractivity contribution in [3.8, 4) is 28.3 Å². The third kappa shape index (κ3) is 6.09. The number of halogens is 3. The Morgan fingerprint density at radius 3 is 2.52 bits per heavy atom. The van der Waals surface area contributed by atoms with Gasteiger partial charge < -0.3 is 20.5 Å². The number of aromatic nitrogens is 3. The summed E-state index contributed by atoms with van der Waals surface area (Å²) in [5.74, 6) is -0.576. The van der Waals surface area contributed by atoms with Gasteiger partial charge >= 0.3 is 6.09 Å². The van der Waals surface area contributed by atoms with Crippen molar-refractivity contribution in [2.75, 3.05) is 25.5 Å². The van der Waals surface area contributed by atoms with E-state index in [1.54, 1.807) is 19.9 Å². The van der Waals surface area contributed by atoms with Crippen molar-refractivity contribution < 1.29 is 27.4 Å². The molecule has 2 heterocycles. The lowest BCUT2D eigenvalue weighted by Crippen LogP contribution is -2.28. The van der Waals surface area contributed by atoms with Crippen LogP contribution >= 0.6 is 0 Å². The Morgan fingerprint density at radius 1 is 1.12 bits per heavy atom. The maximum atomic E-state index is 13.5. The van der Waals surface area contributed by atoms with Crippen LogP contribution in [0.4, 0.5) is 23.9 Å². The van der Waals surface area contributed by atoms with Gasteiger partial charge in [-0.25, -0.2) is 22.9 Å². The summed E-state index contributed by atoms with van der Waals surface area (Å²) < 4.78 is 50.9. The molecule has 0 aliphatic carbocycles. The highest BCUT2D eigenvalue weighted by Gasteiger charge is 2.21. The standard InChI is InChI=1S/C22H22F3N5O3/c1-3-32-22(31)27-8-9-33-20-17(14-10-12(2)28-16(11-14)19(24)25)18(29-21(26)30-20)13-4-6-15(23)7-5-13/h4-7,10-11,19H,3,8-9H2,1-2H3,(H,27,31)(H2,26,29,30). The number of ether oxygens (including phenoxy) is 2. The first-order valence-corrected chi connectivity index (χ1v) is 10.0. The third-order valence-electron chi connectivity index (χ3n) is 4.38. The maximum absolute atomic E-state index is 13.5. The van der Waals surface area contributed by atoms with Gasteiger partial charge in [-0.2, -0.15) is 4.98 Å². The largest absolute Gasteiger partial charge is 0.475 e. The van der Waals surface area contributed by atoms with Gasteiger partial charge in [0.05, 0.1) is 24.4 Å². The molecule has 0 radical (unpaired) electrons. The lowest BCUT2D eigenvalue weighted by atomic mass is 9.99. The first-order valence-electron chi connectivity index (χ1n) is 10.0. The number of hydrogen-bond donors (Lipinski definition) is 2. The fourth-order valence-corrected chi connectivity index (χ4v) is 3.07. The van der Waals surface area contributed by atoms with Gasteiger partial charge in [-0.05, 0) is 55.8 Å². The van der Waals surface area contributed by atoms with Gasteiger partial charge in [0.15, 0.2) is 0 Å². The van der Waals surface area contributed by atoms with E-state index in [4.69, 9.17) is 15.2 Å². The van der Waals surface area contributed by atoms with Gasteiger partial charge in [-0.1, -0.05) is 0 Å². The van der Waals surface area contributed by atoms with E-state index >= 15 is 0 Å². The molecule has 1 aromatic carbocycles. The van der Waals surface area contributed by atoms with E-state index in [1.807, 2.05) is 0 Å². The minimum Gasteiger partial charge on any atom is -0.475 e.